The Hall–Kier alpha value is -0.770. The van der Waals surface area contributed by atoms with Gasteiger partial charge in [0.2, 0.25) is 0 Å². The maximum Gasteiger partial charge on any atom is 0.410 e. The maximum absolute atomic E-state index is 12.4. The van der Waals surface area contributed by atoms with Gasteiger partial charge in [-0.15, -0.1) is 0 Å². The highest BCUT2D eigenvalue weighted by Crippen LogP contribution is 2.38. The quantitative estimate of drug-likeness (QED) is 0.796. The fraction of sp³-hybridized carbons (Fsp3) is 0.941. The lowest BCUT2D eigenvalue weighted by atomic mass is 9.86. The van der Waals surface area contributed by atoms with E-state index in [9.17, 15) is 4.79 Å². The smallest absolute Gasteiger partial charge is 0.410 e. The molecular formula is C17H29NO3. The van der Waals surface area contributed by atoms with Crippen molar-refractivity contribution in [2.24, 2.45) is 5.92 Å². The van der Waals surface area contributed by atoms with E-state index in [4.69, 9.17) is 9.47 Å². The average Bonchev–Trinajstić information content (AvgIpc) is 2.57. The number of carbonyl (C=O) groups excluding carboxylic acids is 1. The molecule has 2 unspecified atom stereocenters. The van der Waals surface area contributed by atoms with E-state index in [0.29, 0.717) is 18.2 Å². The van der Waals surface area contributed by atoms with E-state index in [1.165, 1.54) is 19.3 Å². The van der Waals surface area contributed by atoms with E-state index in [1.807, 2.05) is 25.7 Å². The van der Waals surface area contributed by atoms with Gasteiger partial charge >= 0.3 is 6.09 Å². The van der Waals surface area contributed by atoms with E-state index in [0.717, 1.165) is 38.2 Å². The van der Waals surface area contributed by atoms with Crippen LogP contribution in [-0.4, -0.2) is 41.4 Å². The van der Waals surface area contributed by atoms with Crippen LogP contribution < -0.4 is 0 Å². The summed E-state index contributed by atoms with van der Waals surface area (Å²) in [6.07, 6.45) is 8.45. The zero-order valence-electron chi connectivity index (χ0n) is 13.6. The van der Waals surface area contributed by atoms with Gasteiger partial charge in [0, 0.05) is 18.7 Å². The van der Waals surface area contributed by atoms with Crippen molar-refractivity contribution in [3.8, 4) is 0 Å². The van der Waals surface area contributed by atoms with Crippen LogP contribution in [-0.2, 0) is 9.47 Å². The molecule has 2 aliphatic heterocycles. The fourth-order valence-electron chi connectivity index (χ4n) is 3.81. The summed E-state index contributed by atoms with van der Waals surface area (Å²) in [4.78, 5) is 14.4. The molecule has 0 aromatic carbocycles. The van der Waals surface area contributed by atoms with E-state index in [-0.39, 0.29) is 6.09 Å². The molecule has 2 bridgehead atoms. The molecule has 21 heavy (non-hydrogen) atoms. The Labute approximate surface area is 128 Å². The highest BCUT2D eigenvalue weighted by molar-refractivity contribution is 5.69. The molecule has 0 aromatic rings. The minimum absolute atomic E-state index is 0.132. The zero-order valence-corrected chi connectivity index (χ0v) is 13.6. The number of piperidine rings is 1. The Morgan fingerprint density at radius 3 is 2.19 bits per heavy atom. The van der Waals surface area contributed by atoms with Crippen LogP contribution in [0.25, 0.3) is 0 Å². The molecule has 1 aliphatic carbocycles. The van der Waals surface area contributed by atoms with Crippen molar-refractivity contribution in [3.63, 3.8) is 0 Å². The molecule has 0 N–H and O–H groups in total. The summed E-state index contributed by atoms with van der Waals surface area (Å²) in [6, 6.07) is 0.648. The summed E-state index contributed by atoms with van der Waals surface area (Å²) in [5.74, 6) is 0.798. The Bertz CT molecular complexity index is 372. The molecule has 1 saturated carbocycles. The van der Waals surface area contributed by atoms with Crippen LogP contribution in [0, 0.1) is 5.92 Å². The molecule has 120 valence electrons. The van der Waals surface area contributed by atoms with Crippen LogP contribution in [0.4, 0.5) is 4.79 Å². The summed E-state index contributed by atoms with van der Waals surface area (Å²) in [7, 11) is 0. The van der Waals surface area contributed by atoms with Gasteiger partial charge in [-0.2, -0.15) is 0 Å². The summed E-state index contributed by atoms with van der Waals surface area (Å²) in [6.45, 7) is 6.72. The predicted molar refractivity (Wildman–Crippen MR) is 81.2 cm³/mol. The third-order valence-corrected chi connectivity index (χ3v) is 5.09. The van der Waals surface area contributed by atoms with Gasteiger partial charge in [0.15, 0.2) is 0 Å². The second kappa shape index (κ2) is 5.79. The van der Waals surface area contributed by atoms with Crippen molar-refractivity contribution in [1.29, 1.82) is 0 Å². The topological polar surface area (TPSA) is 38.8 Å². The Morgan fingerprint density at radius 2 is 1.71 bits per heavy atom. The molecule has 2 heterocycles. The number of amides is 1. The minimum Gasteiger partial charge on any atom is -0.444 e. The number of nitrogens with zero attached hydrogens (tertiary/aromatic N) is 1. The summed E-state index contributed by atoms with van der Waals surface area (Å²) in [5, 5.41) is 0. The molecule has 3 rings (SSSR count). The lowest BCUT2D eigenvalue weighted by Gasteiger charge is -2.40. The number of ether oxygens (including phenoxy) is 2. The standard InChI is InChI=1S/C17H29NO3/c1-17(2,3)21-16(19)18-13-7-8-14(18)10-15(9-13)20-11-12-5-4-6-12/h12-15H,4-11H2,1-3H3. The molecule has 4 heteroatoms. The largest absolute Gasteiger partial charge is 0.444 e. The lowest BCUT2D eigenvalue weighted by molar-refractivity contribution is -0.0489. The Morgan fingerprint density at radius 1 is 1.10 bits per heavy atom. The number of carbonyl (C=O) groups is 1. The van der Waals surface area contributed by atoms with E-state index in [1.54, 1.807) is 0 Å². The van der Waals surface area contributed by atoms with Gasteiger partial charge in [-0.1, -0.05) is 6.42 Å². The number of rotatable bonds is 3. The Balaban J connectivity index is 1.52. The molecular weight excluding hydrogens is 266 g/mol. The van der Waals surface area contributed by atoms with Crippen LogP contribution in [0.5, 0.6) is 0 Å². The van der Waals surface area contributed by atoms with Crippen molar-refractivity contribution in [1.82, 2.24) is 4.90 Å². The summed E-state index contributed by atoms with van der Waals surface area (Å²) < 4.78 is 11.7. The van der Waals surface area contributed by atoms with Crippen molar-refractivity contribution in [3.05, 3.63) is 0 Å². The third-order valence-electron chi connectivity index (χ3n) is 5.09. The van der Waals surface area contributed by atoms with Gasteiger partial charge in [0.05, 0.1) is 6.10 Å². The van der Waals surface area contributed by atoms with Gasteiger partial charge in [-0.3, -0.25) is 0 Å². The van der Waals surface area contributed by atoms with Gasteiger partial charge in [0.25, 0.3) is 0 Å². The predicted octanol–water partition coefficient (Wildman–Crippen LogP) is 3.73. The second-order valence-corrected chi connectivity index (χ2v) is 8.00. The average molecular weight is 295 g/mol. The maximum atomic E-state index is 12.4. The summed E-state index contributed by atoms with van der Waals surface area (Å²) in [5.41, 5.74) is -0.409. The van der Waals surface area contributed by atoms with E-state index in [2.05, 4.69) is 0 Å². The molecule has 0 spiro atoms. The molecule has 2 atom stereocenters. The van der Waals surface area contributed by atoms with Crippen LogP contribution in [0.2, 0.25) is 0 Å². The second-order valence-electron chi connectivity index (χ2n) is 8.00. The Kier molecular flexibility index (Phi) is 4.17. The van der Waals surface area contributed by atoms with Gasteiger partial charge in [0.1, 0.15) is 5.60 Å². The van der Waals surface area contributed by atoms with Gasteiger partial charge in [-0.05, 0) is 65.2 Å². The molecule has 3 aliphatic rings. The first-order valence-corrected chi connectivity index (χ1v) is 8.55. The van der Waals surface area contributed by atoms with Crippen molar-refractivity contribution < 1.29 is 14.3 Å². The van der Waals surface area contributed by atoms with Gasteiger partial charge in [-0.25, -0.2) is 4.79 Å². The normalized spacial score (nSPS) is 32.9. The SMILES string of the molecule is CC(C)(C)OC(=O)N1C2CCC1CC(OCC1CCC1)C2. The van der Waals surface area contributed by atoms with E-state index >= 15 is 0 Å². The van der Waals surface area contributed by atoms with Crippen LogP contribution in [0.3, 0.4) is 0 Å². The zero-order chi connectivity index (χ0) is 15.0. The highest BCUT2D eigenvalue weighted by atomic mass is 16.6. The fourth-order valence-corrected chi connectivity index (χ4v) is 3.81. The molecule has 2 saturated heterocycles. The number of fused-ring (bicyclic) bond motifs is 2. The first-order chi connectivity index (χ1) is 9.92. The van der Waals surface area contributed by atoms with Crippen LogP contribution in [0.15, 0.2) is 0 Å². The molecule has 4 nitrogen and oxygen atoms in total. The molecule has 1 amide bonds. The molecule has 0 radical (unpaired) electrons. The molecule has 0 aromatic heterocycles. The van der Waals surface area contributed by atoms with Crippen molar-refractivity contribution in [2.75, 3.05) is 6.61 Å². The first kappa shape index (κ1) is 15.1. The highest BCUT2D eigenvalue weighted by Gasteiger charge is 2.45. The van der Waals surface area contributed by atoms with Crippen LogP contribution >= 0.6 is 0 Å². The molecule has 3 fully saturated rings. The van der Waals surface area contributed by atoms with Gasteiger partial charge < -0.3 is 14.4 Å². The van der Waals surface area contributed by atoms with E-state index < -0.39 is 5.60 Å². The number of hydrogen-bond donors (Lipinski definition) is 0. The lowest BCUT2D eigenvalue weighted by Crippen LogP contribution is -2.50. The monoisotopic (exact) mass is 295 g/mol. The van der Waals surface area contributed by atoms with Crippen LogP contribution in [0.1, 0.15) is 65.7 Å². The van der Waals surface area contributed by atoms with Crippen molar-refractivity contribution in [2.45, 2.75) is 89.5 Å². The van der Waals surface area contributed by atoms with Crippen molar-refractivity contribution >= 4 is 6.09 Å². The number of hydrogen-bond acceptors (Lipinski definition) is 3. The summed E-state index contributed by atoms with van der Waals surface area (Å²) >= 11 is 0. The minimum atomic E-state index is -0.409. The third kappa shape index (κ3) is 3.53. The first-order valence-electron chi connectivity index (χ1n) is 8.55.